The molecule has 0 spiro atoms. The van der Waals surface area contributed by atoms with Gasteiger partial charge in [-0.3, -0.25) is 0 Å². The molecule has 0 saturated heterocycles. The first kappa shape index (κ1) is 20.6. The van der Waals surface area contributed by atoms with Gasteiger partial charge in [0, 0.05) is 24.8 Å². The van der Waals surface area contributed by atoms with E-state index in [1.54, 1.807) is 12.5 Å². The Labute approximate surface area is 190 Å². The third kappa shape index (κ3) is 4.25. The summed E-state index contributed by atoms with van der Waals surface area (Å²) in [5.41, 5.74) is 5.13. The predicted octanol–water partition coefficient (Wildman–Crippen LogP) is 4.97. The molecule has 5 rings (SSSR count). The number of anilines is 3. The maximum Gasteiger partial charge on any atom is 0.223 e. The fraction of sp³-hybridized carbons (Fsp3) is 0.208. The van der Waals surface area contributed by atoms with Crippen molar-refractivity contribution in [2.45, 2.75) is 26.8 Å². The van der Waals surface area contributed by atoms with E-state index < -0.39 is 0 Å². The van der Waals surface area contributed by atoms with E-state index in [4.69, 9.17) is 4.74 Å². The maximum atomic E-state index is 6.12. The van der Waals surface area contributed by atoms with Crippen LogP contribution in [0.25, 0.3) is 22.1 Å². The van der Waals surface area contributed by atoms with Crippen molar-refractivity contribution >= 4 is 39.5 Å². The Morgan fingerprint density at radius 1 is 0.970 bits per heavy atom. The van der Waals surface area contributed by atoms with Gasteiger partial charge in [0.2, 0.25) is 5.95 Å². The molecular weight excluding hydrogens is 416 g/mol. The number of benzene rings is 2. The van der Waals surface area contributed by atoms with Crippen LogP contribution in [0.1, 0.15) is 19.4 Å². The number of hydrogen-bond donors (Lipinski definition) is 2. The molecule has 166 valence electrons. The van der Waals surface area contributed by atoms with Crippen LogP contribution in [0, 0.1) is 6.92 Å². The first-order valence-electron chi connectivity index (χ1n) is 10.7. The Balaban J connectivity index is 1.39. The molecule has 0 aliphatic rings. The van der Waals surface area contributed by atoms with Crippen LogP contribution in [0.3, 0.4) is 0 Å². The Morgan fingerprint density at radius 3 is 2.67 bits per heavy atom. The lowest BCUT2D eigenvalue weighted by atomic mass is 10.2. The average molecular weight is 441 g/mol. The Kier molecular flexibility index (Phi) is 5.21. The minimum Gasteiger partial charge on any atom is -0.457 e. The molecule has 3 aromatic heterocycles. The lowest BCUT2D eigenvalue weighted by Crippen LogP contribution is -2.12. The van der Waals surface area contributed by atoms with E-state index in [1.807, 2.05) is 68.8 Å². The van der Waals surface area contributed by atoms with E-state index >= 15 is 0 Å². The molecule has 0 bridgehead atoms. The summed E-state index contributed by atoms with van der Waals surface area (Å²) in [7, 11) is 1.97. The number of aryl methyl sites for hydroxylation is 2. The van der Waals surface area contributed by atoms with Crippen LogP contribution < -0.4 is 15.4 Å². The lowest BCUT2D eigenvalue weighted by Gasteiger charge is -2.13. The fourth-order valence-corrected chi connectivity index (χ4v) is 3.56. The van der Waals surface area contributed by atoms with Gasteiger partial charge in [0.25, 0.3) is 0 Å². The molecular formula is C24H24N8O. The number of aromatic nitrogens is 6. The highest BCUT2D eigenvalue weighted by molar-refractivity contribution is 5.87. The van der Waals surface area contributed by atoms with Crippen LogP contribution in [-0.2, 0) is 7.05 Å². The summed E-state index contributed by atoms with van der Waals surface area (Å²) >= 11 is 0. The van der Waals surface area contributed by atoms with Crippen LogP contribution in [0.2, 0.25) is 0 Å². The van der Waals surface area contributed by atoms with Gasteiger partial charge in [-0.1, -0.05) is 0 Å². The summed E-state index contributed by atoms with van der Waals surface area (Å²) < 4.78 is 8.10. The highest BCUT2D eigenvalue weighted by atomic mass is 16.5. The number of hydrogen-bond acceptors (Lipinski definition) is 8. The molecule has 2 aromatic carbocycles. The quantitative estimate of drug-likeness (QED) is 0.381. The van der Waals surface area contributed by atoms with Gasteiger partial charge in [0.05, 0.1) is 23.6 Å². The van der Waals surface area contributed by atoms with Crippen LogP contribution in [0.15, 0.2) is 55.2 Å². The molecule has 0 atom stereocenters. The van der Waals surface area contributed by atoms with Crippen molar-refractivity contribution in [1.29, 1.82) is 0 Å². The van der Waals surface area contributed by atoms with Crippen molar-refractivity contribution in [3.05, 3.63) is 60.8 Å². The number of fused-ring (bicyclic) bond motifs is 2. The normalized spacial score (nSPS) is 11.3. The second-order valence-corrected chi connectivity index (χ2v) is 8.16. The number of nitrogens with zero attached hydrogens (tertiary/aromatic N) is 6. The molecule has 9 nitrogen and oxygen atoms in total. The van der Waals surface area contributed by atoms with Gasteiger partial charge < -0.3 is 19.9 Å². The lowest BCUT2D eigenvalue weighted by molar-refractivity contribution is 0.479. The maximum absolute atomic E-state index is 6.12. The van der Waals surface area contributed by atoms with Crippen LogP contribution in [0.5, 0.6) is 11.5 Å². The predicted molar refractivity (Wildman–Crippen MR) is 129 cm³/mol. The minimum absolute atomic E-state index is 0.220. The zero-order valence-corrected chi connectivity index (χ0v) is 18.9. The molecule has 0 radical (unpaired) electrons. The second kappa shape index (κ2) is 8.34. The van der Waals surface area contributed by atoms with Gasteiger partial charge in [0.15, 0.2) is 5.82 Å². The average Bonchev–Trinajstić information content (AvgIpc) is 3.16. The van der Waals surface area contributed by atoms with Gasteiger partial charge >= 0.3 is 0 Å². The van der Waals surface area contributed by atoms with Gasteiger partial charge in [-0.25, -0.2) is 24.9 Å². The number of rotatable bonds is 6. The first-order chi connectivity index (χ1) is 16.0. The molecule has 0 saturated carbocycles. The van der Waals surface area contributed by atoms with Gasteiger partial charge in [-0.15, -0.1) is 0 Å². The molecule has 3 heterocycles. The highest BCUT2D eigenvalue weighted by Crippen LogP contribution is 2.30. The zero-order valence-electron chi connectivity index (χ0n) is 18.9. The van der Waals surface area contributed by atoms with E-state index in [1.165, 1.54) is 6.33 Å². The van der Waals surface area contributed by atoms with Crippen molar-refractivity contribution in [2.24, 2.45) is 7.05 Å². The van der Waals surface area contributed by atoms with Crippen molar-refractivity contribution in [3.8, 4) is 11.5 Å². The molecule has 0 aliphatic carbocycles. The summed E-state index contributed by atoms with van der Waals surface area (Å²) in [6, 6.07) is 12.0. The first-order valence-corrected chi connectivity index (χ1v) is 10.7. The molecule has 0 fully saturated rings. The summed E-state index contributed by atoms with van der Waals surface area (Å²) in [4.78, 5) is 22.0. The summed E-state index contributed by atoms with van der Waals surface area (Å²) in [5.74, 6) is 2.67. The highest BCUT2D eigenvalue weighted by Gasteiger charge is 2.11. The summed E-state index contributed by atoms with van der Waals surface area (Å²) in [6.45, 7) is 6.08. The largest absolute Gasteiger partial charge is 0.457 e. The summed E-state index contributed by atoms with van der Waals surface area (Å²) in [6.07, 6.45) is 4.99. The molecule has 9 heteroatoms. The Morgan fingerprint density at radius 2 is 1.85 bits per heavy atom. The van der Waals surface area contributed by atoms with Crippen molar-refractivity contribution < 1.29 is 4.74 Å². The van der Waals surface area contributed by atoms with E-state index in [-0.39, 0.29) is 6.04 Å². The smallest absolute Gasteiger partial charge is 0.223 e. The third-order valence-electron chi connectivity index (χ3n) is 5.16. The second-order valence-electron chi connectivity index (χ2n) is 8.16. The zero-order chi connectivity index (χ0) is 22.9. The molecule has 5 aromatic rings. The fourth-order valence-electron chi connectivity index (χ4n) is 3.56. The van der Waals surface area contributed by atoms with Gasteiger partial charge in [-0.2, -0.15) is 0 Å². The topological polar surface area (TPSA) is 103 Å². The van der Waals surface area contributed by atoms with E-state index in [0.29, 0.717) is 22.8 Å². The molecule has 0 amide bonds. The summed E-state index contributed by atoms with van der Waals surface area (Å²) in [5, 5.41) is 6.56. The third-order valence-corrected chi connectivity index (χ3v) is 5.16. The van der Waals surface area contributed by atoms with Crippen molar-refractivity contribution in [1.82, 2.24) is 29.5 Å². The van der Waals surface area contributed by atoms with Crippen LogP contribution in [-0.4, -0.2) is 35.5 Å². The monoisotopic (exact) mass is 440 g/mol. The van der Waals surface area contributed by atoms with E-state index in [0.717, 1.165) is 33.8 Å². The standard InChI is InChI=1S/C24H24N8O/c1-14(2)29-24-25-11-19-22(31-24)23(27-12-26-19)30-16-5-8-21(15(3)9-16)33-17-6-7-20-18(10-17)28-13-32(20)4/h5-14H,1-4H3,(H,25,29,31)(H,26,27,30). The number of imidazole rings is 1. The molecule has 2 N–H and O–H groups in total. The van der Waals surface area contributed by atoms with Gasteiger partial charge in [0.1, 0.15) is 28.9 Å². The number of ether oxygens (including phenoxy) is 1. The van der Waals surface area contributed by atoms with Crippen molar-refractivity contribution in [3.63, 3.8) is 0 Å². The van der Waals surface area contributed by atoms with Crippen molar-refractivity contribution in [2.75, 3.05) is 10.6 Å². The van der Waals surface area contributed by atoms with Crippen LogP contribution >= 0.6 is 0 Å². The number of nitrogens with one attached hydrogen (secondary N) is 2. The minimum atomic E-state index is 0.220. The van der Waals surface area contributed by atoms with E-state index in [9.17, 15) is 0 Å². The molecule has 0 aliphatic heterocycles. The molecule has 33 heavy (non-hydrogen) atoms. The SMILES string of the molecule is Cc1cc(Nc2ncnc3cnc(NC(C)C)nc23)ccc1Oc1ccc2c(c1)ncn2C. The van der Waals surface area contributed by atoms with E-state index in [2.05, 4.69) is 35.6 Å². The Bertz CT molecular complexity index is 1460. The van der Waals surface area contributed by atoms with Gasteiger partial charge in [-0.05, 0) is 56.7 Å². The Hall–Kier alpha value is -4.27. The molecule has 0 unspecified atom stereocenters. The van der Waals surface area contributed by atoms with Crippen LogP contribution in [0.4, 0.5) is 17.5 Å².